The van der Waals surface area contributed by atoms with Gasteiger partial charge in [-0.15, -0.1) is 0 Å². The van der Waals surface area contributed by atoms with Crippen LogP contribution >= 0.6 is 15.9 Å². The largest absolute Gasteiger partial charge is 0.292 e. The number of halogens is 1. The average Bonchev–Trinajstić information content (AvgIpc) is 2.87. The van der Waals surface area contributed by atoms with E-state index in [-0.39, 0.29) is 11.6 Å². The standard InChI is InChI=1S/C23H17BrO2/c1-15-11-13-17(14-12-15)20(16-7-3-2-4-8-16)23(24)21(25)18-9-5-6-10-19(18)22(23)26/h2-14,20H,1H3/t20-/m1/s1. The Labute approximate surface area is 161 Å². The molecule has 0 radical (unpaired) electrons. The molecule has 4 rings (SSSR count). The van der Waals surface area contributed by atoms with Crippen LogP contribution in [0.25, 0.3) is 0 Å². The Kier molecular flexibility index (Phi) is 4.12. The molecule has 1 atom stereocenters. The zero-order valence-corrected chi connectivity index (χ0v) is 15.9. The fourth-order valence-corrected chi connectivity index (χ4v) is 4.65. The highest BCUT2D eigenvalue weighted by atomic mass is 79.9. The zero-order chi connectivity index (χ0) is 18.3. The smallest absolute Gasteiger partial charge is 0.189 e. The number of hydrogen-bond donors (Lipinski definition) is 0. The minimum Gasteiger partial charge on any atom is -0.292 e. The molecule has 0 aromatic heterocycles. The maximum absolute atomic E-state index is 13.3. The predicted molar refractivity (Wildman–Crippen MR) is 106 cm³/mol. The van der Waals surface area contributed by atoms with E-state index in [4.69, 9.17) is 0 Å². The van der Waals surface area contributed by atoms with Crippen LogP contribution in [0.3, 0.4) is 0 Å². The molecule has 0 saturated heterocycles. The molecule has 3 aromatic carbocycles. The summed E-state index contributed by atoms with van der Waals surface area (Å²) in [4.78, 5) is 26.6. The van der Waals surface area contributed by atoms with Crippen molar-refractivity contribution in [1.29, 1.82) is 0 Å². The molecule has 0 N–H and O–H groups in total. The molecular formula is C23H17BrO2. The SMILES string of the molecule is Cc1ccc([C@@H](c2ccccc2)C2(Br)C(=O)c3ccccc3C2=O)cc1. The minimum absolute atomic E-state index is 0.174. The lowest BCUT2D eigenvalue weighted by molar-refractivity contribution is 0.0861. The van der Waals surface area contributed by atoms with Crippen LogP contribution in [0.1, 0.15) is 43.3 Å². The fraction of sp³-hybridized carbons (Fsp3) is 0.130. The van der Waals surface area contributed by atoms with E-state index in [1.807, 2.05) is 61.5 Å². The number of aryl methyl sites for hydroxylation is 1. The summed E-state index contributed by atoms with van der Waals surface area (Å²) in [6, 6.07) is 24.8. The first-order chi connectivity index (χ1) is 12.5. The molecule has 0 aliphatic heterocycles. The maximum atomic E-state index is 13.3. The Morgan fingerprint density at radius 2 is 1.15 bits per heavy atom. The summed E-state index contributed by atoms with van der Waals surface area (Å²) >= 11 is 3.62. The third kappa shape index (κ3) is 2.46. The second-order valence-corrected chi connectivity index (χ2v) is 7.92. The summed E-state index contributed by atoms with van der Waals surface area (Å²) in [5, 5.41) is 0. The highest BCUT2D eigenvalue weighted by Gasteiger charge is 2.56. The van der Waals surface area contributed by atoms with Gasteiger partial charge < -0.3 is 0 Å². The summed E-state index contributed by atoms with van der Waals surface area (Å²) in [5.41, 5.74) is 3.98. The second kappa shape index (κ2) is 6.33. The normalized spacial score (nSPS) is 16.4. The number of carbonyl (C=O) groups excluding carboxylic acids is 2. The topological polar surface area (TPSA) is 34.1 Å². The van der Waals surface area contributed by atoms with Crippen molar-refractivity contribution in [2.24, 2.45) is 0 Å². The lowest BCUT2D eigenvalue weighted by atomic mass is 9.78. The third-order valence-electron chi connectivity index (χ3n) is 5.02. The van der Waals surface area contributed by atoms with Crippen LogP contribution in [0.5, 0.6) is 0 Å². The second-order valence-electron chi connectivity index (χ2n) is 6.67. The predicted octanol–water partition coefficient (Wildman–Crippen LogP) is 5.34. The van der Waals surface area contributed by atoms with E-state index in [1.165, 1.54) is 0 Å². The van der Waals surface area contributed by atoms with E-state index in [1.54, 1.807) is 24.3 Å². The van der Waals surface area contributed by atoms with E-state index in [2.05, 4.69) is 15.9 Å². The minimum atomic E-state index is -1.33. The Hall–Kier alpha value is -2.52. The first kappa shape index (κ1) is 16.9. The van der Waals surface area contributed by atoms with Gasteiger partial charge in [0.2, 0.25) is 0 Å². The van der Waals surface area contributed by atoms with E-state index in [9.17, 15) is 9.59 Å². The number of rotatable bonds is 3. The van der Waals surface area contributed by atoms with Gasteiger partial charge in [-0.25, -0.2) is 0 Å². The van der Waals surface area contributed by atoms with Gasteiger partial charge in [-0.2, -0.15) is 0 Å². The maximum Gasteiger partial charge on any atom is 0.189 e. The molecule has 0 heterocycles. The van der Waals surface area contributed by atoms with Crippen molar-refractivity contribution in [1.82, 2.24) is 0 Å². The van der Waals surface area contributed by atoms with Crippen molar-refractivity contribution in [3.63, 3.8) is 0 Å². The van der Waals surface area contributed by atoms with Gasteiger partial charge in [0.1, 0.15) is 0 Å². The summed E-state index contributed by atoms with van der Waals surface area (Å²) < 4.78 is -1.33. The number of fused-ring (bicyclic) bond motifs is 1. The molecule has 1 aliphatic carbocycles. The van der Waals surface area contributed by atoms with Gasteiger partial charge in [0.15, 0.2) is 15.9 Å². The van der Waals surface area contributed by atoms with Crippen molar-refractivity contribution < 1.29 is 9.59 Å². The van der Waals surface area contributed by atoms with Crippen LogP contribution in [0.2, 0.25) is 0 Å². The van der Waals surface area contributed by atoms with Gasteiger partial charge in [0.05, 0.1) is 0 Å². The van der Waals surface area contributed by atoms with E-state index in [0.717, 1.165) is 16.7 Å². The number of ketones is 2. The van der Waals surface area contributed by atoms with Gasteiger partial charge in [0, 0.05) is 17.0 Å². The zero-order valence-electron chi connectivity index (χ0n) is 14.3. The fourth-order valence-electron chi connectivity index (χ4n) is 3.69. The summed E-state index contributed by atoms with van der Waals surface area (Å²) in [7, 11) is 0. The highest BCUT2D eigenvalue weighted by molar-refractivity contribution is 9.10. The molecule has 26 heavy (non-hydrogen) atoms. The molecule has 1 aliphatic rings. The van der Waals surface area contributed by atoms with Crippen molar-refractivity contribution >= 4 is 27.5 Å². The number of alkyl halides is 1. The van der Waals surface area contributed by atoms with Gasteiger partial charge >= 0.3 is 0 Å². The van der Waals surface area contributed by atoms with Crippen LogP contribution in [0.15, 0.2) is 78.9 Å². The number of Topliss-reactive ketones (excluding diaryl/α,β-unsaturated/α-hetero) is 2. The molecule has 0 fully saturated rings. The van der Waals surface area contributed by atoms with Crippen molar-refractivity contribution in [2.75, 3.05) is 0 Å². The van der Waals surface area contributed by atoms with Crippen LogP contribution < -0.4 is 0 Å². The average molecular weight is 405 g/mol. The first-order valence-electron chi connectivity index (χ1n) is 8.52. The molecule has 3 aromatic rings. The van der Waals surface area contributed by atoms with Crippen molar-refractivity contribution in [2.45, 2.75) is 17.2 Å². The Morgan fingerprint density at radius 1 is 0.692 bits per heavy atom. The summed E-state index contributed by atoms with van der Waals surface area (Å²) in [6.07, 6.45) is 0. The van der Waals surface area contributed by atoms with Crippen LogP contribution in [0.4, 0.5) is 0 Å². The lowest BCUT2D eigenvalue weighted by Gasteiger charge is -2.30. The van der Waals surface area contributed by atoms with Crippen molar-refractivity contribution in [3.05, 3.63) is 107 Å². The monoisotopic (exact) mass is 404 g/mol. The van der Waals surface area contributed by atoms with Gasteiger partial charge in [-0.05, 0) is 18.1 Å². The number of hydrogen-bond acceptors (Lipinski definition) is 2. The number of benzene rings is 3. The van der Waals surface area contributed by atoms with Gasteiger partial charge in [0.25, 0.3) is 0 Å². The Balaban J connectivity index is 1.94. The quantitative estimate of drug-likeness (QED) is 0.436. The van der Waals surface area contributed by atoms with E-state index >= 15 is 0 Å². The molecule has 3 heteroatoms. The molecular weight excluding hydrogens is 388 g/mol. The molecule has 0 amide bonds. The lowest BCUT2D eigenvalue weighted by Crippen LogP contribution is -2.41. The van der Waals surface area contributed by atoms with Gasteiger partial charge in [-0.1, -0.05) is 100 Å². The molecule has 128 valence electrons. The Morgan fingerprint density at radius 3 is 1.69 bits per heavy atom. The molecule has 0 bridgehead atoms. The van der Waals surface area contributed by atoms with Crippen LogP contribution in [0, 0.1) is 6.92 Å². The Bertz CT molecular complexity index is 955. The third-order valence-corrected chi connectivity index (χ3v) is 6.20. The van der Waals surface area contributed by atoms with Gasteiger partial charge in [-0.3, -0.25) is 9.59 Å². The molecule has 0 saturated carbocycles. The first-order valence-corrected chi connectivity index (χ1v) is 9.32. The van der Waals surface area contributed by atoms with Crippen LogP contribution in [-0.4, -0.2) is 15.9 Å². The van der Waals surface area contributed by atoms with E-state index in [0.29, 0.717) is 11.1 Å². The van der Waals surface area contributed by atoms with Crippen molar-refractivity contribution in [3.8, 4) is 0 Å². The molecule has 0 unspecified atom stereocenters. The number of carbonyl (C=O) groups is 2. The van der Waals surface area contributed by atoms with Crippen LogP contribution in [-0.2, 0) is 0 Å². The molecule has 2 nitrogen and oxygen atoms in total. The highest BCUT2D eigenvalue weighted by Crippen LogP contribution is 2.49. The molecule has 0 spiro atoms. The van der Waals surface area contributed by atoms with E-state index < -0.39 is 10.2 Å². The summed E-state index contributed by atoms with van der Waals surface area (Å²) in [6.45, 7) is 2.02. The summed E-state index contributed by atoms with van der Waals surface area (Å²) in [5.74, 6) is -0.753.